The molecule has 0 aromatic rings. The summed E-state index contributed by atoms with van der Waals surface area (Å²) in [5.74, 6) is 0. The van der Waals surface area contributed by atoms with Gasteiger partial charge in [-0.15, -0.1) is 0 Å². The molecular weight excluding hydrogens is 242 g/mol. The van der Waals surface area contributed by atoms with Crippen LogP contribution in [0.25, 0.3) is 0 Å². The van der Waals surface area contributed by atoms with E-state index in [1.807, 2.05) is 0 Å². The molecule has 2 rings (SSSR count). The Kier molecular flexibility index (Phi) is 6.07. The summed E-state index contributed by atoms with van der Waals surface area (Å²) in [4.78, 5) is 2.47. The van der Waals surface area contributed by atoms with Crippen molar-refractivity contribution in [1.29, 1.82) is 0 Å². The lowest BCUT2D eigenvalue weighted by Crippen LogP contribution is -2.49. The number of hydrogen-bond acceptors (Lipinski definition) is 4. The van der Waals surface area contributed by atoms with E-state index in [1.54, 1.807) is 0 Å². The highest BCUT2D eigenvalue weighted by atomic mass is 16.5. The van der Waals surface area contributed by atoms with Gasteiger partial charge >= 0.3 is 0 Å². The molecule has 2 aliphatic heterocycles. The average Bonchev–Trinajstić information content (AvgIpc) is 2.46. The highest BCUT2D eigenvalue weighted by Gasteiger charge is 2.35. The SMILES string of the molecule is CCCOC1CCCN(CC2(CO)CCCOC2)C1. The number of nitrogens with zero attached hydrogens (tertiary/aromatic N) is 1. The Labute approximate surface area is 117 Å². The fourth-order valence-corrected chi connectivity index (χ4v) is 3.26. The lowest BCUT2D eigenvalue weighted by atomic mass is 9.82. The van der Waals surface area contributed by atoms with Crippen molar-refractivity contribution in [2.45, 2.75) is 45.1 Å². The lowest BCUT2D eigenvalue weighted by molar-refractivity contribution is -0.0712. The average molecular weight is 271 g/mol. The van der Waals surface area contributed by atoms with Gasteiger partial charge in [-0.05, 0) is 38.6 Å². The Morgan fingerprint density at radius 1 is 1.42 bits per heavy atom. The zero-order valence-electron chi connectivity index (χ0n) is 12.3. The van der Waals surface area contributed by atoms with Gasteiger partial charge in [0.25, 0.3) is 0 Å². The molecule has 0 amide bonds. The van der Waals surface area contributed by atoms with Crippen LogP contribution in [0.1, 0.15) is 39.0 Å². The highest BCUT2D eigenvalue weighted by Crippen LogP contribution is 2.30. The molecule has 2 atom stereocenters. The van der Waals surface area contributed by atoms with E-state index in [1.165, 1.54) is 12.8 Å². The maximum atomic E-state index is 9.74. The molecule has 1 N–H and O–H groups in total. The number of ether oxygens (including phenoxy) is 2. The van der Waals surface area contributed by atoms with Crippen molar-refractivity contribution in [2.24, 2.45) is 5.41 Å². The molecule has 112 valence electrons. The van der Waals surface area contributed by atoms with Crippen LogP contribution in [0, 0.1) is 5.41 Å². The third-order valence-electron chi connectivity index (χ3n) is 4.32. The molecule has 0 spiro atoms. The van der Waals surface area contributed by atoms with Gasteiger partial charge in [0.2, 0.25) is 0 Å². The Hall–Kier alpha value is -0.160. The smallest absolute Gasteiger partial charge is 0.0702 e. The molecule has 0 bridgehead atoms. The van der Waals surface area contributed by atoms with Crippen LogP contribution in [0.4, 0.5) is 0 Å². The van der Waals surface area contributed by atoms with Gasteiger partial charge in [0.1, 0.15) is 0 Å². The van der Waals surface area contributed by atoms with E-state index >= 15 is 0 Å². The highest BCUT2D eigenvalue weighted by molar-refractivity contribution is 4.86. The van der Waals surface area contributed by atoms with Gasteiger partial charge in [-0.2, -0.15) is 0 Å². The number of likely N-dealkylation sites (tertiary alicyclic amines) is 1. The van der Waals surface area contributed by atoms with Crippen molar-refractivity contribution in [3.8, 4) is 0 Å². The Morgan fingerprint density at radius 2 is 2.32 bits per heavy atom. The van der Waals surface area contributed by atoms with Crippen LogP contribution >= 0.6 is 0 Å². The molecular formula is C15H29NO3. The second-order valence-electron chi connectivity index (χ2n) is 6.18. The van der Waals surface area contributed by atoms with Crippen molar-refractivity contribution in [2.75, 3.05) is 46.1 Å². The second kappa shape index (κ2) is 7.58. The summed E-state index contributed by atoms with van der Waals surface area (Å²) < 4.78 is 11.5. The van der Waals surface area contributed by atoms with Gasteiger partial charge in [0, 0.05) is 31.7 Å². The first-order valence-corrected chi connectivity index (χ1v) is 7.80. The first-order chi connectivity index (χ1) is 9.28. The third kappa shape index (κ3) is 4.42. The van der Waals surface area contributed by atoms with Crippen LogP contribution in [0.2, 0.25) is 0 Å². The van der Waals surface area contributed by atoms with Crippen molar-refractivity contribution in [1.82, 2.24) is 4.90 Å². The minimum absolute atomic E-state index is 0.0368. The number of piperidine rings is 1. The van der Waals surface area contributed by atoms with Crippen LogP contribution in [-0.2, 0) is 9.47 Å². The molecule has 2 unspecified atom stereocenters. The molecule has 2 saturated heterocycles. The van der Waals surface area contributed by atoms with Crippen LogP contribution in [0.3, 0.4) is 0 Å². The first-order valence-electron chi connectivity index (χ1n) is 7.80. The number of hydrogen-bond donors (Lipinski definition) is 1. The molecule has 0 aromatic carbocycles. The quantitative estimate of drug-likeness (QED) is 0.798. The van der Waals surface area contributed by atoms with E-state index in [0.29, 0.717) is 12.7 Å². The number of rotatable bonds is 6. The predicted octanol–water partition coefficient (Wildman–Crippen LogP) is 1.67. The molecule has 2 heterocycles. The van der Waals surface area contributed by atoms with Gasteiger partial charge < -0.3 is 19.5 Å². The fourth-order valence-electron chi connectivity index (χ4n) is 3.26. The topological polar surface area (TPSA) is 41.9 Å². The van der Waals surface area contributed by atoms with Crippen molar-refractivity contribution < 1.29 is 14.6 Å². The molecule has 2 fully saturated rings. The number of aliphatic hydroxyl groups excluding tert-OH is 1. The lowest BCUT2D eigenvalue weighted by Gasteiger charge is -2.42. The minimum Gasteiger partial charge on any atom is -0.396 e. The van der Waals surface area contributed by atoms with Gasteiger partial charge in [0.15, 0.2) is 0 Å². The molecule has 4 heteroatoms. The first kappa shape index (κ1) is 15.2. The molecule has 0 radical (unpaired) electrons. The van der Waals surface area contributed by atoms with Crippen molar-refractivity contribution >= 4 is 0 Å². The van der Waals surface area contributed by atoms with E-state index in [0.717, 1.165) is 52.1 Å². The fraction of sp³-hybridized carbons (Fsp3) is 1.00. The van der Waals surface area contributed by atoms with E-state index in [9.17, 15) is 5.11 Å². The summed E-state index contributed by atoms with van der Waals surface area (Å²) in [6.07, 6.45) is 6.01. The molecule has 19 heavy (non-hydrogen) atoms. The summed E-state index contributed by atoms with van der Waals surface area (Å²) in [5.41, 5.74) is -0.0368. The normalized spacial score (nSPS) is 33.5. The standard InChI is InChI=1S/C15H29NO3/c1-2-8-19-14-5-3-7-16(10-14)11-15(12-17)6-4-9-18-13-15/h14,17H,2-13H2,1H3. The maximum Gasteiger partial charge on any atom is 0.0702 e. The van der Waals surface area contributed by atoms with Crippen LogP contribution in [-0.4, -0.2) is 62.2 Å². The van der Waals surface area contributed by atoms with Crippen LogP contribution in [0.5, 0.6) is 0 Å². The Bertz CT molecular complexity index is 254. The molecule has 0 aliphatic carbocycles. The maximum absolute atomic E-state index is 9.74. The molecule has 0 saturated carbocycles. The summed E-state index contributed by atoms with van der Waals surface area (Å²) in [6.45, 7) is 7.92. The minimum atomic E-state index is -0.0368. The summed E-state index contributed by atoms with van der Waals surface area (Å²) >= 11 is 0. The zero-order valence-corrected chi connectivity index (χ0v) is 12.3. The van der Waals surface area contributed by atoms with E-state index in [-0.39, 0.29) is 12.0 Å². The van der Waals surface area contributed by atoms with Gasteiger partial charge in [-0.25, -0.2) is 0 Å². The second-order valence-corrected chi connectivity index (χ2v) is 6.18. The van der Waals surface area contributed by atoms with E-state index in [2.05, 4.69) is 11.8 Å². The van der Waals surface area contributed by atoms with Crippen LogP contribution < -0.4 is 0 Å². The molecule has 4 nitrogen and oxygen atoms in total. The van der Waals surface area contributed by atoms with Crippen molar-refractivity contribution in [3.05, 3.63) is 0 Å². The Balaban J connectivity index is 1.83. The monoisotopic (exact) mass is 271 g/mol. The van der Waals surface area contributed by atoms with Gasteiger partial charge in [0.05, 0.1) is 19.3 Å². The zero-order chi connectivity index (χ0) is 13.6. The summed E-state index contributed by atoms with van der Waals surface area (Å²) in [5, 5.41) is 9.74. The van der Waals surface area contributed by atoms with E-state index in [4.69, 9.17) is 9.47 Å². The van der Waals surface area contributed by atoms with E-state index < -0.39 is 0 Å². The largest absolute Gasteiger partial charge is 0.396 e. The van der Waals surface area contributed by atoms with Crippen molar-refractivity contribution in [3.63, 3.8) is 0 Å². The van der Waals surface area contributed by atoms with Gasteiger partial charge in [-0.3, -0.25) is 0 Å². The predicted molar refractivity (Wildman–Crippen MR) is 75.3 cm³/mol. The van der Waals surface area contributed by atoms with Crippen LogP contribution in [0.15, 0.2) is 0 Å². The summed E-state index contributed by atoms with van der Waals surface area (Å²) in [7, 11) is 0. The molecule has 2 aliphatic rings. The summed E-state index contributed by atoms with van der Waals surface area (Å²) in [6, 6.07) is 0. The third-order valence-corrected chi connectivity index (χ3v) is 4.32. The number of aliphatic hydroxyl groups is 1. The Morgan fingerprint density at radius 3 is 3.00 bits per heavy atom. The molecule has 0 aromatic heterocycles. The van der Waals surface area contributed by atoms with Gasteiger partial charge in [-0.1, -0.05) is 6.92 Å².